The average Bonchev–Trinajstić information content (AvgIpc) is 2.64. The van der Waals surface area contributed by atoms with Crippen LogP contribution in [0.3, 0.4) is 0 Å². The van der Waals surface area contributed by atoms with Crippen LogP contribution in [0.5, 0.6) is 0 Å². The van der Waals surface area contributed by atoms with Crippen molar-refractivity contribution in [3.63, 3.8) is 0 Å². The highest BCUT2D eigenvalue weighted by molar-refractivity contribution is 7.91. The van der Waals surface area contributed by atoms with E-state index in [0.717, 1.165) is 5.56 Å². The molecule has 0 amide bonds. The highest BCUT2D eigenvalue weighted by atomic mass is 32.2. The second kappa shape index (κ2) is 4.53. The van der Waals surface area contributed by atoms with Gasteiger partial charge >= 0.3 is 0 Å². The number of anilines is 1. The highest BCUT2D eigenvalue weighted by Crippen LogP contribution is 2.21. The van der Waals surface area contributed by atoms with E-state index in [0.29, 0.717) is 23.5 Å². The minimum atomic E-state index is -2.95. The van der Waals surface area contributed by atoms with Crippen molar-refractivity contribution in [2.24, 2.45) is 0 Å². The Morgan fingerprint density at radius 2 is 2.11 bits per heavy atom. The van der Waals surface area contributed by atoms with E-state index in [-0.39, 0.29) is 17.5 Å². The van der Waals surface area contributed by atoms with Crippen molar-refractivity contribution in [3.05, 3.63) is 16.8 Å². The Balaban J connectivity index is 2.26. The van der Waals surface area contributed by atoms with E-state index in [4.69, 9.17) is 5.26 Å². The number of sulfone groups is 1. The Kier molecular flexibility index (Phi) is 3.22. The van der Waals surface area contributed by atoms with Crippen LogP contribution < -0.4 is 5.32 Å². The fourth-order valence-electron chi connectivity index (χ4n) is 1.95. The lowest BCUT2D eigenvalue weighted by molar-refractivity contribution is 0.602. The molecule has 2 rings (SSSR count). The van der Waals surface area contributed by atoms with Crippen molar-refractivity contribution in [1.82, 2.24) is 10.2 Å². The van der Waals surface area contributed by atoms with E-state index in [1.807, 2.05) is 0 Å². The van der Waals surface area contributed by atoms with Crippen molar-refractivity contribution >= 4 is 15.7 Å². The Bertz CT molecular complexity index is 619. The molecular formula is C11H14N4O2S. The van der Waals surface area contributed by atoms with Crippen LogP contribution in [0.1, 0.15) is 23.2 Å². The summed E-state index contributed by atoms with van der Waals surface area (Å²) in [4.78, 5) is 0. The number of aryl methyl sites for hydroxylation is 1. The fourth-order valence-corrected chi connectivity index (χ4v) is 3.62. The van der Waals surface area contributed by atoms with Crippen molar-refractivity contribution in [2.75, 3.05) is 16.8 Å². The van der Waals surface area contributed by atoms with E-state index in [1.165, 1.54) is 0 Å². The molecule has 0 radical (unpaired) electrons. The lowest BCUT2D eigenvalue weighted by Crippen LogP contribution is -2.22. The third kappa shape index (κ3) is 2.43. The van der Waals surface area contributed by atoms with Gasteiger partial charge in [0, 0.05) is 6.04 Å². The molecule has 1 saturated heterocycles. The molecule has 0 bridgehead atoms. The van der Waals surface area contributed by atoms with Gasteiger partial charge in [0.1, 0.15) is 11.6 Å². The SMILES string of the molecule is Cc1nnc(N[C@@H]2CCS(=O)(=O)C2)c(C#N)c1C. The molecule has 1 atom stereocenters. The molecule has 0 aromatic carbocycles. The van der Waals surface area contributed by atoms with E-state index in [9.17, 15) is 8.42 Å². The summed E-state index contributed by atoms with van der Waals surface area (Å²) in [6.07, 6.45) is 0.543. The minimum Gasteiger partial charge on any atom is -0.364 e. The molecule has 2 heterocycles. The first kappa shape index (κ1) is 12.8. The van der Waals surface area contributed by atoms with Crippen LogP contribution in [-0.4, -0.2) is 36.2 Å². The number of nitriles is 1. The first-order valence-corrected chi connectivity index (χ1v) is 7.46. The lowest BCUT2D eigenvalue weighted by atomic mass is 10.1. The van der Waals surface area contributed by atoms with E-state index in [2.05, 4.69) is 21.6 Å². The minimum absolute atomic E-state index is 0.0898. The van der Waals surface area contributed by atoms with Gasteiger partial charge in [0.05, 0.1) is 17.2 Å². The number of aromatic nitrogens is 2. The van der Waals surface area contributed by atoms with Crippen LogP contribution in [0.25, 0.3) is 0 Å². The molecule has 18 heavy (non-hydrogen) atoms. The van der Waals surface area contributed by atoms with Gasteiger partial charge in [-0.2, -0.15) is 10.4 Å². The van der Waals surface area contributed by atoms with Gasteiger partial charge in [-0.1, -0.05) is 0 Å². The molecule has 1 aromatic heterocycles. The fraction of sp³-hybridized carbons (Fsp3) is 0.545. The molecular weight excluding hydrogens is 252 g/mol. The second-order valence-corrected chi connectivity index (χ2v) is 6.72. The van der Waals surface area contributed by atoms with Crippen LogP contribution in [-0.2, 0) is 9.84 Å². The van der Waals surface area contributed by atoms with E-state index < -0.39 is 9.84 Å². The smallest absolute Gasteiger partial charge is 0.167 e. The maximum atomic E-state index is 11.4. The van der Waals surface area contributed by atoms with Crippen molar-refractivity contribution in [1.29, 1.82) is 5.26 Å². The maximum Gasteiger partial charge on any atom is 0.167 e. The quantitative estimate of drug-likeness (QED) is 0.840. The highest BCUT2D eigenvalue weighted by Gasteiger charge is 2.28. The van der Waals surface area contributed by atoms with E-state index >= 15 is 0 Å². The number of nitrogens with one attached hydrogen (secondary N) is 1. The zero-order valence-corrected chi connectivity index (χ0v) is 11.1. The summed E-state index contributed by atoms with van der Waals surface area (Å²) in [6, 6.07) is 1.90. The molecule has 7 heteroatoms. The molecule has 0 saturated carbocycles. The first-order chi connectivity index (χ1) is 8.43. The molecule has 96 valence electrons. The third-order valence-corrected chi connectivity index (χ3v) is 4.91. The molecule has 1 N–H and O–H groups in total. The third-order valence-electron chi connectivity index (χ3n) is 3.14. The van der Waals surface area contributed by atoms with Gasteiger partial charge in [0.25, 0.3) is 0 Å². The standard InChI is InChI=1S/C11H14N4O2S/c1-7-8(2)14-15-11(10(7)5-12)13-9-3-4-18(16,17)6-9/h9H,3-4,6H2,1-2H3,(H,13,15)/t9-/m1/s1. The van der Waals surface area contributed by atoms with Gasteiger partial charge in [0.2, 0.25) is 0 Å². The summed E-state index contributed by atoms with van der Waals surface area (Å²) in [5, 5.41) is 20.0. The van der Waals surface area contributed by atoms with Crippen LogP contribution in [0, 0.1) is 25.2 Å². The summed E-state index contributed by atoms with van der Waals surface area (Å²) < 4.78 is 22.7. The van der Waals surface area contributed by atoms with Crippen LogP contribution in [0.2, 0.25) is 0 Å². The van der Waals surface area contributed by atoms with Gasteiger partial charge in [-0.05, 0) is 25.8 Å². The topological polar surface area (TPSA) is 95.7 Å². The Labute approximate surface area is 106 Å². The molecule has 1 aromatic rings. The molecule has 0 unspecified atom stereocenters. The molecule has 0 aliphatic carbocycles. The zero-order valence-electron chi connectivity index (χ0n) is 10.3. The summed E-state index contributed by atoms with van der Waals surface area (Å²) in [5.41, 5.74) is 1.92. The summed E-state index contributed by atoms with van der Waals surface area (Å²) in [6.45, 7) is 3.59. The predicted octanol–water partition coefficient (Wildman–Crippen LogP) is 0.564. The Morgan fingerprint density at radius 1 is 1.39 bits per heavy atom. The normalized spacial score (nSPS) is 21.5. The number of nitrogens with zero attached hydrogens (tertiary/aromatic N) is 3. The zero-order chi connectivity index (χ0) is 13.3. The molecule has 0 spiro atoms. The first-order valence-electron chi connectivity index (χ1n) is 5.64. The van der Waals surface area contributed by atoms with Crippen LogP contribution in [0.15, 0.2) is 0 Å². The number of hydrogen-bond acceptors (Lipinski definition) is 6. The molecule has 6 nitrogen and oxygen atoms in total. The number of rotatable bonds is 2. The molecule has 1 fully saturated rings. The molecule has 1 aliphatic heterocycles. The van der Waals surface area contributed by atoms with Gasteiger partial charge < -0.3 is 5.32 Å². The van der Waals surface area contributed by atoms with Crippen LogP contribution in [0.4, 0.5) is 5.82 Å². The Hall–Kier alpha value is -1.68. The van der Waals surface area contributed by atoms with Crippen molar-refractivity contribution in [2.45, 2.75) is 26.3 Å². The van der Waals surface area contributed by atoms with Crippen molar-refractivity contribution in [3.8, 4) is 6.07 Å². The van der Waals surface area contributed by atoms with Gasteiger partial charge in [0.15, 0.2) is 15.7 Å². The molecule has 1 aliphatic rings. The monoisotopic (exact) mass is 266 g/mol. The van der Waals surface area contributed by atoms with Gasteiger partial charge in [-0.25, -0.2) is 8.42 Å². The van der Waals surface area contributed by atoms with Crippen molar-refractivity contribution < 1.29 is 8.42 Å². The average molecular weight is 266 g/mol. The van der Waals surface area contributed by atoms with Gasteiger partial charge in [-0.3, -0.25) is 0 Å². The summed E-state index contributed by atoms with van der Waals surface area (Å²) >= 11 is 0. The summed E-state index contributed by atoms with van der Waals surface area (Å²) in [7, 11) is -2.95. The predicted molar refractivity (Wildman–Crippen MR) is 66.9 cm³/mol. The summed E-state index contributed by atoms with van der Waals surface area (Å²) in [5.74, 6) is 0.653. The van der Waals surface area contributed by atoms with Crippen LogP contribution >= 0.6 is 0 Å². The lowest BCUT2D eigenvalue weighted by Gasteiger charge is -2.13. The maximum absolute atomic E-state index is 11.4. The second-order valence-electron chi connectivity index (χ2n) is 4.49. The van der Waals surface area contributed by atoms with Gasteiger partial charge in [-0.15, -0.1) is 5.10 Å². The Morgan fingerprint density at radius 3 is 2.67 bits per heavy atom. The number of hydrogen-bond donors (Lipinski definition) is 1. The van der Waals surface area contributed by atoms with E-state index in [1.54, 1.807) is 13.8 Å². The largest absolute Gasteiger partial charge is 0.364 e.